The predicted molar refractivity (Wildman–Crippen MR) is 105 cm³/mol. The first-order chi connectivity index (χ1) is 12.5. The van der Waals surface area contributed by atoms with Gasteiger partial charge in [-0.1, -0.05) is 49.6 Å². The minimum atomic E-state index is -0.983. The third-order valence-corrected chi connectivity index (χ3v) is 6.45. The molecule has 0 bridgehead atoms. The summed E-state index contributed by atoms with van der Waals surface area (Å²) < 4.78 is 6.68. The molecule has 1 aliphatic carbocycles. The number of esters is 1. The van der Waals surface area contributed by atoms with E-state index in [9.17, 15) is 9.90 Å². The lowest BCUT2D eigenvalue weighted by atomic mass is 9.73. The fourth-order valence-electron chi connectivity index (χ4n) is 4.33. The van der Waals surface area contributed by atoms with Crippen molar-refractivity contribution < 1.29 is 36.1 Å². The molecule has 0 spiro atoms. The smallest absolute Gasteiger partial charge is 0.316 e. The molecule has 0 radical (unpaired) electrons. The van der Waals surface area contributed by atoms with Gasteiger partial charge < -0.3 is 31.3 Å². The van der Waals surface area contributed by atoms with Crippen LogP contribution in [0.5, 0.6) is 0 Å². The Bertz CT molecular complexity index is 546. The van der Waals surface area contributed by atoms with E-state index in [-0.39, 0.29) is 23.0 Å². The summed E-state index contributed by atoms with van der Waals surface area (Å²) in [6.45, 7) is 10.9. The first kappa shape index (κ1) is 24.1. The van der Waals surface area contributed by atoms with E-state index in [0.29, 0.717) is 19.4 Å². The summed E-state index contributed by atoms with van der Waals surface area (Å²) in [7, 11) is 0. The van der Waals surface area contributed by atoms with Crippen LogP contribution in [0.25, 0.3) is 0 Å². The number of rotatable bonds is 9. The molecule has 5 heteroatoms. The highest BCUT2D eigenvalue weighted by Crippen LogP contribution is 2.40. The van der Waals surface area contributed by atoms with Gasteiger partial charge in [0.25, 0.3) is 0 Å². The molecule has 0 saturated heterocycles. The molecule has 1 aromatic carbocycles. The minimum Gasteiger partial charge on any atom is -1.00 e. The molecule has 2 rings (SSSR count). The van der Waals surface area contributed by atoms with E-state index in [4.69, 9.17) is 4.74 Å². The Hall–Kier alpha value is -0.910. The summed E-state index contributed by atoms with van der Waals surface area (Å²) in [4.78, 5) is 13.0. The van der Waals surface area contributed by atoms with E-state index in [1.54, 1.807) is 0 Å². The van der Waals surface area contributed by atoms with Crippen molar-refractivity contribution in [2.24, 2.45) is 0 Å². The largest absolute Gasteiger partial charge is 1.00 e. The summed E-state index contributed by atoms with van der Waals surface area (Å²) >= 11 is 0. The molecule has 1 saturated carbocycles. The number of carbonyl (C=O) groups is 1. The quantitative estimate of drug-likeness (QED) is 0.457. The van der Waals surface area contributed by atoms with Gasteiger partial charge in [-0.25, -0.2) is 0 Å². The van der Waals surface area contributed by atoms with Gasteiger partial charge >= 0.3 is 5.97 Å². The molecule has 1 aromatic rings. The van der Waals surface area contributed by atoms with E-state index in [2.05, 4.69) is 20.8 Å². The third-order valence-electron chi connectivity index (χ3n) is 6.45. The predicted octanol–water partition coefficient (Wildman–Crippen LogP) is 0.889. The monoisotopic (exact) mass is 441 g/mol. The van der Waals surface area contributed by atoms with Crippen LogP contribution in [0.15, 0.2) is 30.3 Å². The summed E-state index contributed by atoms with van der Waals surface area (Å²) in [6.07, 6.45) is 4.40. The lowest BCUT2D eigenvalue weighted by molar-refractivity contribution is -0.923. The standard InChI is InChI=1S/C22H36NO3.BrH/c1-4-23(5-2,6-3)17-18-26-21(24)20(19-13-9-7-10-14-19)22(25)15-11-8-12-16-22;/h7,9-10,13-14,20,25H,4-6,8,11-12,15-18H2,1-3H3;1H/q+1;/p-1. The lowest BCUT2D eigenvalue weighted by Gasteiger charge is -2.39. The average Bonchev–Trinajstić information content (AvgIpc) is 2.67. The van der Waals surface area contributed by atoms with Gasteiger partial charge in [0.05, 0.1) is 25.2 Å². The fourth-order valence-corrected chi connectivity index (χ4v) is 4.33. The Morgan fingerprint density at radius 1 is 1.07 bits per heavy atom. The van der Waals surface area contributed by atoms with Crippen LogP contribution in [0.1, 0.15) is 64.4 Å². The van der Waals surface area contributed by atoms with Crippen LogP contribution < -0.4 is 17.0 Å². The van der Waals surface area contributed by atoms with Gasteiger partial charge in [-0.15, -0.1) is 0 Å². The summed E-state index contributed by atoms with van der Waals surface area (Å²) in [5.74, 6) is -0.863. The molecule has 0 aliphatic heterocycles. The maximum Gasteiger partial charge on any atom is 0.316 e. The zero-order chi connectivity index (χ0) is 19.0. The number of aliphatic hydroxyl groups is 1. The van der Waals surface area contributed by atoms with Crippen molar-refractivity contribution in [1.82, 2.24) is 0 Å². The molecule has 0 amide bonds. The van der Waals surface area contributed by atoms with Crippen molar-refractivity contribution in [3.63, 3.8) is 0 Å². The second-order valence-corrected chi connectivity index (χ2v) is 7.69. The van der Waals surface area contributed by atoms with Gasteiger partial charge in [0.15, 0.2) is 0 Å². The van der Waals surface area contributed by atoms with Crippen LogP contribution >= 0.6 is 0 Å². The van der Waals surface area contributed by atoms with E-state index in [0.717, 1.165) is 55.5 Å². The maximum absolute atomic E-state index is 13.0. The first-order valence-electron chi connectivity index (χ1n) is 10.3. The topological polar surface area (TPSA) is 46.5 Å². The molecule has 1 fully saturated rings. The third kappa shape index (κ3) is 6.03. The van der Waals surface area contributed by atoms with Crippen LogP contribution in [0.2, 0.25) is 0 Å². The summed E-state index contributed by atoms with van der Waals surface area (Å²) in [6, 6.07) is 9.66. The molecule has 0 aromatic heterocycles. The Balaban J connectivity index is 0.00000364. The summed E-state index contributed by atoms with van der Waals surface area (Å²) in [5, 5.41) is 11.2. The molecule has 27 heavy (non-hydrogen) atoms. The zero-order valence-corrected chi connectivity index (χ0v) is 18.7. The van der Waals surface area contributed by atoms with Gasteiger partial charge in [-0.3, -0.25) is 4.79 Å². The van der Waals surface area contributed by atoms with Crippen LogP contribution in [0.3, 0.4) is 0 Å². The Morgan fingerprint density at radius 2 is 1.63 bits per heavy atom. The van der Waals surface area contributed by atoms with Crippen molar-refractivity contribution >= 4 is 5.97 Å². The number of likely N-dealkylation sites (N-methyl/N-ethyl adjacent to an activating group) is 1. The van der Waals surface area contributed by atoms with Gasteiger partial charge in [0, 0.05) is 0 Å². The van der Waals surface area contributed by atoms with Gasteiger partial charge in [0.2, 0.25) is 0 Å². The van der Waals surface area contributed by atoms with Crippen molar-refractivity contribution in [3.8, 4) is 0 Å². The highest BCUT2D eigenvalue weighted by Gasteiger charge is 2.44. The molecule has 0 heterocycles. The van der Waals surface area contributed by atoms with Gasteiger partial charge in [-0.05, 0) is 39.2 Å². The second kappa shape index (κ2) is 11.2. The van der Waals surface area contributed by atoms with Crippen molar-refractivity contribution in [2.45, 2.75) is 64.4 Å². The molecule has 1 unspecified atom stereocenters. The van der Waals surface area contributed by atoms with Crippen LogP contribution in [-0.2, 0) is 9.53 Å². The number of hydrogen-bond donors (Lipinski definition) is 1. The van der Waals surface area contributed by atoms with E-state index >= 15 is 0 Å². The second-order valence-electron chi connectivity index (χ2n) is 7.69. The minimum absolute atomic E-state index is 0. The van der Waals surface area contributed by atoms with Crippen LogP contribution in [0, 0.1) is 0 Å². The highest BCUT2D eigenvalue weighted by molar-refractivity contribution is 5.80. The zero-order valence-electron chi connectivity index (χ0n) is 17.1. The van der Waals surface area contributed by atoms with Crippen LogP contribution in [0.4, 0.5) is 0 Å². The normalized spacial score (nSPS) is 17.6. The lowest BCUT2D eigenvalue weighted by Crippen LogP contribution is -3.00. The van der Waals surface area contributed by atoms with E-state index < -0.39 is 11.5 Å². The number of halogens is 1. The molecular formula is C22H36BrNO3. The van der Waals surface area contributed by atoms with E-state index in [1.807, 2.05) is 30.3 Å². The van der Waals surface area contributed by atoms with Gasteiger partial charge in [-0.2, -0.15) is 0 Å². The maximum atomic E-state index is 13.0. The molecular weight excluding hydrogens is 406 g/mol. The van der Waals surface area contributed by atoms with Gasteiger partial charge in [0.1, 0.15) is 19.1 Å². The molecule has 1 N–H and O–H groups in total. The molecule has 1 aliphatic rings. The van der Waals surface area contributed by atoms with Crippen molar-refractivity contribution in [2.75, 3.05) is 32.8 Å². The number of nitrogens with zero attached hydrogens (tertiary/aromatic N) is 1. The molecule has 154 valence electrons. The number of benzene rings is 1. The Morgan fingerprint density at radius 3 is 2.15 bits per heavy atom. The number of hydrogen-bond acceptors (Lipinski definition) is 3. The fraction of sp³-hybridized carbons (Fsp3) is 0.682. The van der Waals surface area contributed by atoms with Crippen LogP contribution in [-0.4, -0.2) is 53.9 Å². The number of quaternary nitrogens is 1. The average molecular weight is 442 g/mol. The van der Waals surface area contributed by atoms with E-state index in [1.165, 1.54) is 0 Å². The number of ether oxygens (including phenoxy) is 1. The molecule has 1 atom stereocenters. The highest BCUT2D eigenvalue weighted by atomic mass is 79.9. The Labute approximate surface area is 175 Å². The SMILES string of the molecule is CC[N+](CC)(CC)CCOC(=O)C(c1ccccc1)C1(O)CCCCC1.[Br-]. The first-order valence-corrected chi connectivity index (χ1v) is 10.3. The summed E-state index contributed by atoms with van der Waals surface area (Å²) in [5.41, 5.74) is -0.118. The van der Waals surface area contributed by atoms with Crippen molar-refractivity contribution in [1.29, 1.82) is 0 Å². The Kier molecular flexibility index (Phi) is 9.99. The molecule has 4 nitrogen and oxygen atoms in total. The number of carbonyl (C=O) groups excluding carboxylic acids is 1. The van der Waals surface area contributed by atoms with Crippen molar-refractivity contribution in [3.05, 3.63) is 35.9 Å².